The Bertz CT molecular complexity index is 835. The van der Waals surface area contributed by atoms with Crippen LogP contribution >= 0.6 is 23.5 Å². The highest BCUT2D eigenvalue weighted by atomic mass is 32.2. The second-order valence-electron chi connectivity index (χ2n) is 5.41. The highest BCUT2D eigenvalue weighted by Crippen LogP contribution is 2.32. The molecule has 0 bridgehead atoms. The lowest BCUT2D eigenvalue weighted by Crippen LogP contribution is -2.32. The van der Waals surface area contributed by atoms with Crippen LogP contribution in [-0.4, -0.2) is 35.5 Å². The second-order valence-corrected chi connectivity index (χ2v) is 7.28. The number of benzene rings is 2. The average molecular weight is 389 g/mol. The Morgan fingerprint density at radius 1 is 1.12 bits per heavy atom. The fourth-order valence-corrected chi connectivity index (χ4v) is 3.60. The Morgan fingerprint density at radius 2 is 1.81 bits per heavy atom. The SMILES string of the molecule is CSc1ccc(/C=C2\SC(=O)N(CCOc3ccc(F)cc3)C2=O)cc1. The first-order valence-electron chi connectivity index (χ1n) is 7.84. The lowest BCUT2D eigenvalue weighted by Gasteiger charge is -2.13. The maximum atomic E-state index is 12.9. The van der Waals surface area contributed by atoms with Crippen LogP contribution in [-0.2, 0) is 4.79 Å². The first-order valence-corrected chi connectivity index (χ1v) is 9.89. The Morgan fingerprint density at radius 3 is 2.46 bits per heavy atom. The zero-order valence-corrected chi connectivity index (χ0v) is 15.6. The van der Waals surface area contributed by atoms with Crippen molar-refractivity contribution in [2.75, 3.05) is 19.4 Å². The van der Waals surface area contributed by atoms with E-state index in [1.807, 2.05) is 30.5 Å². The smallest absolute Gasteiger partial charge is 0.293 e. The summed E-state index contributed by atoms with van der Waals surface area (Å²) in [6.45, 7) is 0.296. The largest absolute Gasteiger partial charge is 0.492 e. The van der Waals surface area contributed by atoms with E-state index in [4.69, 9.17) is 4.74 Å². The van der Waals surface area contributed by atoms with E-state index in [-0.39, 0.29) is 30.1 Å². The van der Waals surface area contributed by atoms with Crippen LogP contribution in [0.1, 0.15) is 5.56 Å². The summed E-state index contributed by atoms with van der Waals surface area (Å²) in [6, 6.07) is 13.4. The molecule has 0 atom stereocenters. The van der Waals surface area contributed by atoms with Crippen molar-refractivity contribution in [2.45, 2.75) is 4.90 Å². The number of nitrogens with zero attached hydrogens (tertiary/aromatic N) is 1. The average Bonchev–Trinajstić information content (AvgIpc) is 2.91. The molecule has 2 aromatic carbocycles. The van der Waals surface area contributed by atoms with Crippen molar-refractivity contribution >= 4 is 40.7 Å². The highest BCUT2D eigenvalue weighted by molar-refractivity contribution is 8.18. The predicted molar refractivity (Wildman–Crippen MR) is 103 cm³/mol. The summed E-state index contributed by atoms with van der Waals surface area (Å²) in [7, 11) is 0. The topological polar surface area (TPSA) is 46.6 Å². The Balaban J connectivity index is 1.60. The number of hydrogen-bond donors (Lipinski definition) is 0. The number of ether oxygens (including phenoxy) is 1. The molecule has 0 radical (unpaired) electrons. The van der Waals surface area contributed by atoms with Crippen molar-refractivity contribution in [1.29, 1.82) is 0 Å². The van der Waals surface area contributed by atoms with Gasteiger partial charge in [-0.2, -0.15) is 0 Å². The minimum atomic E-state index is -0.348. The summed E-state index contributed by atoms with van der Waals surface area (Å²) >= 11 is 2.56. The molecule has 1 aliphatic rings. The summed E-state index contributed by atoms with van der Waals surface area (Å²) in [4.78, 5) is 27.2. The molecule has 2 aromatic rings. The number of thioether (sulfide) groups is 2. The minimum absolute atomic E-state index is 0.144. The summed E-state index contributed by atoms with van der Waals surface area (Å²) in [6.07, 6.45) is 3.71. The molecule has 2 amide bonds. The molecule has 26 heavy (non-hydrogen) atoms. The predicted octanol–water partition coefficient (Wildman–Crippen LogP) is 4.66. The van der Waals surface area contributed by atoms with Crippen molar-refractivity contribution in [3.8, 4) is 5.75 Å². The third kappa shape index (κ3) is 4.47. The first kappa shape index (κ1) is 18.5. The molecule has 134 valence electrons. The number of carbonyl (C=O) groups is 2. The van der Waals surface area contributed by atoms with Crippen LogP contribution in [0.5, 0.6) is 5.75 Å². The lowest BCUT2D eigenvalue weighted by molar-refractivity contribution is -0.123. The van der Waals surface area contributed by atoms with Crippen LogP contribution in [0.3, 0.4) is 0 Å². The molecule has 1 fully saturated rings. The van der Waals surface area contributed by atoms with Crippen molar-refractivity contribution in [3.63, 3.8) is 0 Å². The molecule has 1 heterocycles. The quantitative estimate of drug-likeness (QED) is 0.531. The van der Waals surface area contributed by atoms with E-state index in [9.17, 15) is 14.0 Å². The van der Waals surface area contributed by atoms with Gasteiger partial charge in [0.15, 0.2) is 0 Å². The number of carbonyl (C=O) groups excluding carboxylic acids is 2. The maximum Gasteiger partial charge on any atom is 0.293 e. The number of imide groups is 1. The summed E-state index contributed by atoms with van der Waals surface area (Å²) < 4.78 is 18.3. The number of amides is 2. The van der Waals surface area contributed by atoms with Gasteiger partial charge in [-0.1, -0.05) is 12.1 Å². The van der Waals surface area contributed by atoms with Gasteiger partial charge in [-0.25, -0.2) is 4.39 Å². The van der Waals surface area contributed by atoms with Gasteiger partial charge in [0.2, 0.25) is 0 Å². The van der Waals surface area contributed by atoms with Crippen molar-refractivity contribution in [2.24, 2.45) is 0 Å². The molecular formula is C19H16FNO3S2. The fourth-order valence-electron chi connectivity index (χ4n) is 2.33. The van der Waals surface area contributed by atoms with Crippen molar-refractivity contribution in [3.05, 3.63) is 64.8 Å². The van der Waals surface area contributed by atoms with E-state index >= 15 is 0 Å². The van der Waals surface area contributed by atoms with Gasteiger partial charge in [0.1, 0.15) is 18.2 Å². The third-order valence-corrected chi connectivity index (χ3v) is 5.34. The molecule has 0 unspecified atom stereocenters. The van der Waals surface area contributed by atoms with Gasteiger partial charge in [-0.15, -0.1) is 11.8 Å². The van der Waals surface area contributed by atoms with E-state index in [1.165, 1.54) is 24.3 Å². The monoisotopic (exact) mass is 389 g/mol. The van der Waals surface area contributed by atoms with E-state index in [0.29, 0.717) is 10.7 Å². The molecular weight excluding hydrogens is 373 g/mol. The Hall–Kier alpha value is -2.25. The zero-order chi connectivity index (χ0) is 18.5. The zero-order valence-electron chi connectivity index (χ0n) is 14.0. The second kappa shape index (κ2) is 8.42. The fraction of sp³-hybridized carbons (Fsp3) is 0.158. The molecule has 4 nitrogen and oxygen atoms in total. The van der Waals surface area contributed by atoms with E-state index in [1.54, 1.807) is 17.8 Å². The molecule has 1 saturated heterocycles. The van der Waals surface area contributed by atoms with Crippen LogP contribution in [0.4, 0.5) is 9.18 Å². The molecule has 0 spiro atoms. The number of hydrogen-bond acceptors (Lipinski definition) is 5. The molecule has 0 aliphatic carbocycles. The lowest BCUT2D eigenvalue weighted by atomic mass is 10.2. The summed E-state index contributed by atoms with van der Waals surface area (Å²) in [5.74, 6) is -0.182. The van der Waals surface area contributed by atoms with E-state index < -0.39 is 0 Å². The molecule has 1 aliphatic heterocycles. The third-order valence-electron chi connectivity index (χ3n) is 3.68. The minimum Gasteiger partial charge on any atom is -0.492 e. The molecule has 0 aromatic heterocycles. The Kier molecular flexibility index (Phi) is 6.00. The van der Waals surface area contributed by atoms with Crippen LogP contribution in [0.25, 0.3) is 6.08 Å². The first-order chi connectivity index (χ1) is 12.6. The van der Waals surface area contributed by atoms with Crippen LogP contribution < -0.4 is 4.74 Å². The van der Waals surface area contributed by atoms with Crippen molar-refractivity contribution in [1.82, 2.24) is 4.90 Å². The van der Waals surface area contributed by atoms with E-state index in [2.05, 4.69) is 0 Å². The van der Waals surface area contributed by atoms with Gasteiger partial charge in [0, 0.05) is 4.90 Å². The van der Waals surface area contributed by atoms with Gasteiger partial charge >= 0.3 is 0 Å². The number of rotatable bonds is 6. The van der Waals surface area contributed by atoms with Crippen molar-refractivity contribution < 1.29 is 18.7 Å². The van der Waals surface area contributed by atoms with Gasteiger partial charge in [0.25, 0.3) is 11.1 Å². The summed E-state index contributed by atoms with van der Waals surface area (Å²) in [5, 5.41) is -0.315. The van der Waals surface area contributed by atoms with Gasteiger partial charge < -0.3 is 4.74 Å². The molecule has 7 heteroatoms. The molecule has 3 rings (SSSR count). The molecule has 0 saturated carbocycles. The van der Waals surface area contributed by atoms with E-state index in [0.717, 1.165) is 27.1 Å². The standard InChI is InChI=1S/C19H16FNO3S2/c1-25-16-8-2-13(3-9-16)12-17-18(22)21(19(23)26-17)10-11-24-15-6-4-14(20)5-7-15/h2-9,12H,10-11H2,1H3/b17-12-. The van der Waals surface area contributed by atoms with Crippen LogP contribution in [0.15, 0.2) is 58.3 Å². The normalized spacial score (nSPS) is 15.8. The van der Waals surface area contributed by atoms with Crippen LogP contribution in [0.2, 0.25) is 0 Å². The van der Waals surface area contributed by atoms with Crippen LogP contribution in [0, 0.1) is 5.82 Å². The van der Waals surface area contributed by atoms with Gasteiger partial charge in [-0.05, 0) is 66.1 Å². The molecule has 0 N–H and O–H groups in total. The van der Waals surface area contributed by atoms with Gasteiger partial charge in [-0.3, -0.25) is 14.5 Å². The maximum absolute atomic E-state index is 12.9. The number of halogens is 1. The van der Waals surface area contributed by atoms with Gasteiger partial charge in [0.05, 0.1) is 11.4 Å². The summed E-state index contributed by atoms with van der Waals surface area (Å²) in [5.41, 5.74) is 0.871. The Labute approximate surface area is 159 Å². The highest BCUT2D eigenvalue weighted by Gasteiger charge is 2.34.